The number of nitrogens with one attached hydrogen (secondary N) is 1. The van der Waals surface area contributed by atoms with Gasteiger partial charge in [0.05, 0.1) is 6.04 Å². The Labute approximate surface area is 109 Å². The number of amides is 1. The lowest BCUT2D eigenvalue weighted by atomic mass is 9.86. The molecule has 0 radical (unpaired) electrons. The number of halogens is 3. The topological polar surface area (TPSA) is 78.8 Å². The van der Waals surface area contributed by atoms with E-state index in [2.05, 4.69) is 4.74 Å². The SMILES string of the molecule is CC(C)(C)[C@H](NC(=O)OC(C)(C)C(F)(F)F)C(O)O. The molecule has 0 aliphatic carbocycles. The molecular formula is C11H20F3NO4. The molecule has 0 bridgehead atoms. The van der Waals surface area contributed by atoms with Crippen LogP contribution >= 0.6 is 0 Å². The van der Waals surface area contributed by atoms with Crippen molar-refractivity contribution in [3.05, 3.63) is 0 Å². The third-order valence-corrected chi connectivity index (χ3v) is 2.54. The second kappa shape index (κ2) is 5.54. The van der Waals surface area contributed by atoms with Crippen LogP contribution in [0.4, 0.5) is 18.0 Å². The minimum atomic E-state index is -4.72. The van der Waals surface area contributed by atoms with Gasteiger partial charge < -0.3 is 20.3 Å². The van der Waals surface area contributed by atoms with Gasteiger partial charge in [0.25, 0.3) is 0 Å². The maximum Gasteiger partial charge on any atom is 0.427 e. The zero-order valence-corrected chi connectivity index (χ0v) is 11.5. The number of aliphatic hydroxyl groups is 2. The molecule has 0 spiro atoms. The van der Waals surface area contributed by atoms with Crippen molar-refractivity contribution in [2.45, 2.75) is 58.7 Å². The van der Waals surface area contributed by atoms with Gasteiger partial charge in [-0.1, -0.05) is 20.8 Å². The molecule has 0 heterocycles. The number of rotatable bonds is 3. The molecule has 0 aliphatic heterocycles. The van der Waals surface area contributed by atoms with Gasteiger partial charge in [0.15, 0.2) is 6.29 Å². The molecule has 0 aromatic heterocycles. The van der Waals surface area contributed by atoms with Crippen LogP contribution in [0.15, 0.2) is 0 Å². The van der Waals surface area contributed by atoms with E-state index in [0.29, 0.717) is 13.8 Å². The molecular weight excluding hydrogens is 267 g/mol. The molecule has 114 valence electrons. The summed E-state index contributed by atoms with van der Waals surface area (Å²) in [5.41, 5.74) is -3.44. The molecule has 1 atom stereocenters. The van der Waals surface area contributed by atoms with Crippen LogP contribution in [0, 0.1) is 5.41 Å². The Morgan fingerprint density at radius 1 is 1.11 bits per heavy atom. The second-order valence-electron chi connectivity index (χ2n) is 5.80. The minimum absolute atomic E-state index is 0.702. The molecule has 0 aliphatic rings. The van der Waals surface area contributed by atoms with Gasteiger partial charge in [-0.25, -0.2) is 4.79 Å². The molecule has 0 fully saturated rings. The van der Waals surface area contributed by atoms with Crippen molar-refractivity contribution >= 4 is 6.09 Å². The highest BCUT2D eigenvalue weighted by Crippen LogP contribution is 2.33. The van der Waals surface area contributed by atoms with E-state index in [4.69, 9.17) is 10.2 Å². The highest BCUT2D eigenvalue weighted by atomic mass is 19.4. The average Bonchev–Trinajstić information content (AvgIpc) is 2.08. The number of ether oxygens (including phenoxy) is 1. The van der Waals surface area contributed by atoms with Crippen molar-refractivity contribution in [2.24, 2.45) is 5.41 Å². The Morgan fingerprint density at radius 2 is 1.53 bits per heavy atom. The largest absolute Gasteiger partial charge is 0.434 e. The Kier molecular flexibility index (Phi) is 5.24. The van der Waals surface area contributed by atoms with E-state index in [1.807, 2.05) is 5.32 Å². The third kappa shape index (κ3) is 5.23. The molecule has 0 aromatic rings. The number of alkyl halides is 3. The standard InChI is InChI=1S/C11H20F3NO4/c1-9(2,3)6(7(16)17)15-8(18)19-10(4,5)11(12,13)14/h6-7,16-17H,1-5H3,(H,15,18)/t6-/m1/s1. The molecule has 0 aromatic carbocycles. The fraction of sp³-hybridized carbons (Fsp3) is 0.909. The van der Waals surface area contributed by atoms with Crippen molar-refractivity contribution in [1.82, 2.24) is 5.32 Å². The summed E-state index contributed by atoms with van der Waals surface area (Å²) in [5.74, 6) is 0. The molecule has 0 saturated heterocycles. The number of carbonyl (C=O) groups is 1. The molecule has 19 heavy (non-hydrogen) atoms. The number of hydrogen-bond donors (Lipinski definition) is 3. The molecule has 0 unspecified atom stereocenters. The fourth-order valence-electron chi connectivity index (χ4n) is 1.18. The number of carbonyl (C=O) groups excluding carboxylic acids is 1. The predicted molar refractivity (Wildman–Crippen MR) is 61.2 cm³/mol. The van der Waals surface area contributed by atoms with Gasteiger partial charge in [0.2, 0.25) is 5.60 Å². The lowest BCUT2D eigenvalue weighted by Crippen LogP contribution is -2.54. The first-order valence-electron chi connectivity index (χ1n) is 5.61. The van der Waals surface area contributed by atoms with Gasteiger partial charge >= 0.3 is 12.3 Å². The maximum atomic E-state index is 12.5. The Morgan fingerprint density at radius 3 is 1.79 bits per heavy atom. The van der Waals surface area contributed by atoms with E-state index >= 15 is 0 Å². The van der Waals surface area contributed by atoms with Crippen molar-refractivity contribution in [3.63, 3.8) is 0 Å². The van der Waals surface area contributed by atoms with Crippen LogP contribution in [-0.4, -0.2) is 40.4 Å². The molecule has 1 amide bonds. The van der Waals surface area contributed by atoms with E-state index in [1.54, 1.807) is 20.8 Å². The smallest absolute Gasteiger partial charge is 0.427 e. The second-order valence-corrected chi connectivity index (χ2v) is 5.80. The van der Waals surface area contributed by atoms with Gasteiger partial charge in [-0.05, 0) is 19.3 Å². The summed E-state index contributed by atoms with van der Waals surface area (Å²) >= 11 is 0. The van der Waals surface area contributed by atoms with E-state index < -0.39 is 35.6 Å². The summed E-state index contributed by atoms with van der Waals surface area (Å²) in [7, 11) is 0. The summed E-state index contributed by atoms with van der Waals surface area (Å²) in [6, 6.07) is -1.16. The quantitative estimate of drug-likeness (QED) is 0.691. The summed E-state index contributed by atoms with van der Waals surface area (Å²) in [4.78, 5) is 11.4. The van der Waals surface area contributed by atoms with E-state index in [0.717, 1.165) is 0 Å². The fourth-order valence-corrected chi connectivity index (χ4v) is 1.18. The van der Waals surface area contributed by atoms with Crippen molar-refractivity contribution in [2.75, 3.05) is 0 Å². The lowest BCUT2D eigenvalue weighted by Gasteiger charge is -2.34. The normalized spacial score (nSPS) is 15.3. The van der Waals surface area contributed by atoms with Crippen LogP contribution in [0.3, 0.4) is 0 Å². The van der Waals surface area contributed by atoms with E-state index in [1.165, 1.54) is 0 Å². The van der Waals surface area contributed by atoms with Crippen LogP contribution in [-0.2, 0) is 4.74 Å². The maximum absolute atomic E-state index is 12.5. The van der Waals surface area contributed by atoms with E-state index in [9.17, 15) is 18.0 Å². The van der Waals surface area contributed by atoms with Crippen LogP contribution in [0.25, 0.3) is 0 Å². The predicted octanol–water partition coefficient (Wildman–Crippen LogP) is 1.78. The monoisotopic (exact) mass is 287 g/mol. The zero-order valence-electron chi connectivity index (χ0n) is 11.5. The van der Waals surface area contributed by atoms with Crippen LogP contribution in [0.2, 0.25) is 0 Å². The zero-order chi connectivity index (χ0) is 15.6. The highest BCUT2D eigenvalue weighted by molar-refractivity contribution is 5.68. The number of hydrogen-bond acceptors (Lipinski definition) is 4. The van der Waals surface area contributed by atoms with E-state index in [-0.39, 0.29) is 0 Å². The average molecular weight is 287 g/mol. The summed E-state index contributed by atoms with van der Waals surface area (Å²) in [6.07, 6.45) is -8.00. The first kappa shape index (κ1) is 18.0. The lowest BCUT2D eigenvalue weighted by molar-refractivity contribution is -0.244. The Balaban J connectivity index is 4.79. The molecule has 3 N–H and O–H groups in total. The Hall–Kier alpha value is -1.02. The summed E-state index contributed by atoms with van der Waals surface area (Å²) in [5, 5.41) is 20.3. The van der Waals surface area contributed by atoms with Crippen molar-refractivity contribution in [1.29, 1.82) is 0 Å². The minimum Gasteiger partial charge on any atom is -0.434 e. The van der Waals surface area contributed by atoms with Crippen LogP contribution < -0.4 is 5.32 Å². The molecule has 5 nitrogen and oxygen atoms in total. The number of aliphatic hydroxyl groups excluding tert-OH is 1. The summed E-state index contributed by atoms with van der Waals surface area (Å²) < 4.78 is 41.8. The van der Waals surface area contributed by atoms with Gasteiger partial charge in [0.1, 0.15) is 0 Å². The van der Waals surface area contributed by atoms with Crippen LogP contribution in [0.1, 0.15) is 34.6 Å². The van der Waals surface area contributed by atoms with Crippen molar-refractivity contribution in [3.8, 4) is 0 Å². The van der Waals surface area contributed by atoms with Gasteiger partial charge in [-0.3, -0.25) is 0 Å². The van der Waals surface area contributed by atoms with Gasteiger partial charge in [0, 0.05) is 0 Å². The van der Waals surface area contributed by atoms with Crippen molar-refractivity contribution < 1.29 is 32.9 Å². The van der Waals surface area contributed by atoms with Gasteiger partial charge in [-0.15, -0.1) is 0 Å². The first-order chi connectivity index (χ1) is 8.18. The van der Waals surface area contributed by atoms with Crippen LogP contribution in [0.5, 0.6) is 0 Å². The highest BCUT2D eigenvalue weighted by Gasteiger charge is 2.51. The number of alkyl carbamates (subject to hydrolysis) is 1. The molecule has 8 heteroatoms. The first-order valence-corrected chi connectivity index (χ1v) is 5.61. The van der Waals surface area contributed by atoms with Gasteiger partial charge in [-0.2, -0.15) is 13.2 Å². The molecule has 0 saturated carbocycles. The molecule has 0 rings (SSSR count). The Bertz CT molecular complexity index is 321. The third-order valence-electron chi connectivity index (χ3n) is 2.54. The summed E-state index contributed by atoms with van der Waals surface area (Å²) in [6.45, 7) is 6.17.